The van der Waals surface area contributed by atoms with Crippen LogP contribution in [0.4, 0.5) is 9.59 Å². The van der Waals surface area contributed by atoms with Gasteiger partial charge in [0.1, 0.15) is 35.9 Å². The molecule has 0 radical (unpaired) electrons. The Balaban J connectivity index is 0.000000534. The molecule has 2 aromatic rings. The van der Waals surface area contributed by atoms with Crippen molar-refractivity contribution in [3.05, 3.63) is 59.7 Å². The predicted octanol–water partition coefficient (Wildman–Crippen LogP) is 6.66. The summed E-state index contributed by atoms with van der Waals surface area (Å²) < 4.78 is 33.4. The highest BCUT2D eigenvalue weighted by atomic mass is 28.4. The number of benzene rings is 2. The fraction of sp³-hybridized carbons (Fsp3) is 0.641. The standard InChI is InChI=1S/C22H39NO5Si.C17H27NO5/c1-21(2,3)28-20(25)23-16-18(24)15-17-11-9-10-12-19(17)26-13-14-27-29(7,8)22(4,5)6;1-17(2,3)23-16(20)18-12-14(21-4)11-13-7-5-6-8-15(13)22-10-9-19/h9-12,18,24H,13-16H2,1-8H3,(H,23,25);5-8,14,19H,9-12H2,1-4H3,(H,18,20)/t18-;14-/m00/s1. The van der Waals surface area contributed by atoms with Gasteiger partial charge in [-0.05, 0) is 82.9 Å². The van der Waals surface area contributed by atoms with Gasteiger partial charge in [-0.2, -0.15) is 0 Å². The molecular formula is C39H66N2O10Si. The maximum atomic E-state index is 11.7. The van der Waals surface area contributed by atoms with Gasteiger partial charge in [-0.1, -0.05) is 57.2 Å². The molecule has 0 aromatic heterocycles. The average Bonchev–Trinajstić information content (AvgIpc) is 3.02. The lowest BCUT2D eigenvalue weighted by Crippen LogP contribution is -2.41. The van der Waals surface area contributed by atoms with E-state index in [0.717, 1.165) is 16.9 Å². The van der Waals surface area contributed by atoms with Crippen LogP contribution in [0.3, 0.4) is 0 Å². The molecule has 0 heterocycles. The Bertz CT molecular complexity index is 1340. The van der Waals surface area contributed by atoms with E-state index < -0.39 is 37.8 Å². The first-order valence-electron chi connectivity index (χ1n) is 17.9. The van der Waals surface area contributed by atoms with Gasteiger partial charge in [-0.25, -0.2) is 9.59 Å². The largest absolute Gasteiger partial charge is 0.491 e. The lowest BCUT2D eigenvalue weighted by molar-refractivity contribution is 0.0454. The van der Waals surface area contributed by atoms with Crippen LogP contribution in [0.15, 0.2) is 48.5 Å². The zero-order valence-electron chi connectivity index (χ0n) is 33.6. The van der Waals surface area contributed by atoms with Gasteiger partial charge in [-0.3, -0.25) is 0 Å². The summed E-state index contributed by atoms with van der Waals surface area (Å²) in [5.74, 6) is 1.43. The lowest BCUT2D eigenvalue weighted by atomic mass is 10.1. The van der Waals surface area contributed by atoms with Crippen molar-refractivity contribution in [2.24, 2.45) is 0 Å². The van der Waals surface area contributed by atoms with Gasteiger partial charge >= 0.3 is 12.2 Å². The summed E-state index contributed by atoms with van der Waals surface area (Å²) in [4.78, 5) is 23.4. The van der Waals surface area contributed by atoms with Crippen molar-refractivity contribution in [1.29, 1.82) is 0 Å². The van der Waals surface area contributed by atoms with Gasteiger partial charge in [0, 0.05) is 33.0 Å². The van der Waals surface area contributed by atoms with Gasteiger partial charge in [0.25, 0.3) is 0 Å². The van der Waals surface area contributed by atoms with Gasteiger partial charge in [0.2, 0.25) is 0 Å². The van der Waals surface area contributed by atoms with E-state index >= 15 is 0 Å². The lowest BCUT2D eigenvalue weighted by Gasteiger charge is -2.36. The molecule has 12 nitrogen and oxygen atoms in total. The summed E-state index contributed by atoms with van der Waals surface area (Å²) >= 11 is 0. The van der Waals surface area contributed by atoms with Crippen molar-refractivity contribution in [3.63, 3.8) is 0 Å². The molecule has 13 heteroatoms. The van der Waals surface area contributed by atoms with Crippen LogP contribution in [-0.4, -0.2) is 101 Å². The molecule has 2 aromatic carbocycles. The third-order valence-electron chi connectivity index (χ3n) is 7.89. The van der Waals surface area contributed by atoms with E-state index in [0.29, 0.717) is 38.3 Å². The molecule has 0 aliphatic carbocycles. The molecule has 0 spiro atoms. The molecular weight excluding hydrogens is 685 g/mol. The number of para-hydroxylation sites is 2. The molecule has 2 atom stereocenters. The highest BCUT2D eigenvalue weighted by molar-refractivity contribution is 6.74. The Labute approximate surface area is 313 Å². The fourth-order valence-corrected chi connectivity index (χ4v) is 5.31. The molecule has 296 valence electrons. The predicted molar refractivity (Wildman–Crippen MR) is 207 cm³/mol. The van der Waals surface area contributed by atoms with Crippen LogP contribution >= 0.6 is 0 Å². The average molecular weight is 751 g/mol. The summed E-state index contributed by atoms with van der Waals surface area (Å²) in [5, 5.41) is 24.6. The number of amides is 2. The monoisotopic (exact) mass is 750 g/mol. The minimum atomic E-state index is -1.79. The number of carbonyl (C=O) groups is 2. The highest BCUT2D eigenvalue weighted by Crippen LogP contribution is 2.36. The summed E-state index contributed by atoms with van der Waals surface area (Å²) in [6.45, 7) is 23.5. The first-order valence-corrected chi connectivity index (χ1v) is 20.8. The molecule has 4 N–H and O–H groups in total. The number of ether oxygens (including phenoxy) is 5. The van der Waals surface area contributed by atoms with E-state index in [-0.39, 0.29) is 30.9 Å². The number of aliphatic hydroxyl groups excluding tert-OH is 2. The van der Waals surface area contributed by atoms with Gasteiger partial charge in [0.05, 0.1) is 25.4 Å². The highest BCUT2D eigenvalue weighted by Gasteiger charge is 2.37. The summed E-state index contributed by atoms with van der Waals surface area (Å²) in [6, 6.07) is 15.2. The number of carbonyl (C=O) groups excluding carboxylic acids is 2. The van der Waals surface area contributed by atoms with E-state index in [9.17, 15) is 14.7 Å². The minimum absolute atomic E-state index is 0.0394. The second-order valence-electron chi connectivity index (χ2n) is 15.9. The van der Waals surface area contributed by atoms with Gasteiger partial charge in [0.15, 0.2) is 8.32 Å². The SMILES string of the molecule is CC(C)(C)OC(=O)NC[C@@H](O)Cc1ccccc1OCCO[Si](C)(C)C(C)(C)C.CO[C@H](CNC(=O)OC(C)(C)C)Cc1ccccc1OCCO. The molecule has 0 bridgehead atoms. The molecule has 0 fully saturated rings. The molecule has 0 aliphatic heterocycles. The number of hydrogen-bond donors (Lipinski definition) is 4. The Morgan fingerprint density at radius 1 is 0.712 bits per heavy atom. The van der Waals surface area contributed by atoms with E-state index in [2.05, 4.69) is 44.5 Å². The molecule has 2 amide bonds. The Morgan fingerprint density at radius 3 is 1.63 bits per heavy atom. The van der Waals surface area contributed by atoms with Crippen LogP contribution in [0, 0.1) is 0 Å². The second-order valence-corrected chi connectivity index (χ2v) is 20.7. The molecule has 0 saturated heterocycles. The smallest absolute Gasteiger partial charge is 0.407 e. The van der Waals surface area contributed by atoms with Crippen molar-refractivity contribution in [1.82, 2.24) is 10.6 Å². The fourth-order valence-electron chi connectivity index (χ4n) is 4.28. The Hall–Kier alpha value is -3.36. The van der Waals surface area contributed by atoms with Crippen molar-refractivity contribution in [3.8, 4) is 11.5 Å². The van der Waals surface area contributed by atoms with E-state index in [1.165, 1.54) is 0 Å². The topological polar surface area (TPSA) is 154 Å². The van der Waals surface area contributed by atoms with E-state index in [1.54, 1.807) is 27.9 Å². The van der Waals surface area contributed by atoms with Crippen LogP contribution in [0.2, 0.25) is 18.1 Å². The molecule has 0 saturated carbocycles. The number of alkyl carbamates (subject to hydrolysis) is 2. The first-order chi connectivity index (χ1) is 24.1. The van der Waals surface area contributed by atoms with Crippen molar-refractivity contribution in [2.75, 3.05) is 46.6 Å². The number of methoxy groups -OCH3 is 1. The quantitative estimate of drug-likeness (QED) is 0.102. The number of rotatable bonds is 17. The summed E-state index contributed by atoms with van der Waals surface area (Å²) in [7, 11) is -0.198. The Morgan fingerprint density at radius 2 is 1.17 bits per heavy atom. The zero-order valence-corrected chi connectivity index (χ0v) is 34.6. The third kappa shape index (κ3) is 20.0. The number of nitrogens with one attached hydrogen (secondary N) is 2. The van der Waals surface area contributed by atoms with Crippen molar-refractivity contribution in [2.45, 2.75) is 117 Å². The van der Waals surface area contributed by atoms with Crippen LogP contribution in [0.25, 0.3) is 0 Å². The van der Waals surface area contributed by atoms with Crippen LogP contribution in [0.1, 0.15) is 73.4 Å². The van der Waals surface area contributed by atoms with Crippen molar-refractivity contribution < 1.29 is 47.9 Å². The van der Waals surface area contributed by atoms with Crippen molar-refractivity contribution >= 4 is 20.5 Å². The molecule has 0 unspecified atom stereocenters. The van der Waals surface area contributed by atoms with E-state index in [4.69, 9.17) is 33.2 Å². The maximum Gasteiger partial charge on any atom is 0.407 e. The van der Waals surface area contributed by atoms with Crippen LogP contribution < -0.4 is 20.1 Å². The number of hydrogen-bond acceptors (Lipinski definition) is 10. The third-order valence-corrected chi connectivity index (χ3v) is 12.4. The molecule has 52 heavy (non-hydrogen) atoms. The molecule has 0 aliphatic rings. The zero-order chi connectivity index (χ0) is 39.6. The second kappa shape index (κ2) is 22.0. The number of aliphatic hydroxyl groups is 2. The van der Waals surface area contributed by atoms with Crippen LogP contribution in [-0.2, 0) is 31.5 Å². The minimum Gasteiger partial charge on any atom is -0.491 e. The summed E-state index contributed by atoms with van der Waals surface area (Å²) in [5.41, 5.74) is 0.747. The van der Waals surface area contributed by atoms with E-state index in [1.807, 2.05) is 69.3 Å². The molecule has 2 rings (SSSR count). The van der Waals surface area contributed by atoms with Gasteiger partial charge in [-0.15, -0.1) is 0 Å². The Kier molecular flexibility index (Phi) is 19.7. The van der Waals surface area contributed by atoms with Crippen LogP contribution in [0.5, 0.6) is 11.5 Å². The maximum absolute atomic E-state index is 11.7. The first kappa shape index (κ1) is 46.7. The normalized spacial score (nSPS) is 13.2. The van der Waals surface area contributed by atoms with Gasteiger partial charge < -0.3 is 49.0 Å². The summed E-state index contributed by atoms with van der Waals surface area (Å²) in [6.07, 6.45) is -1.01.